The molecule has 2 aromatic carbocycles. The summed E-state index contributed by atoms with van der Waals surface area (Å²) >= 11 is 0. The van der Waals surface area contributed by atoms with Gasteiger partial charge in [-0.2, -0.15) is 5.10 Å². The van der Waals surface area contributed by atoms with Crippen LogP contribution in [0.15, 0.2) is 70.6 Å². The monoisotopic (exact) mass is 528 g/mol. The summed E-state index contributed by atoms with van der Waals surface area (Å²) in [6.07, 6.45) is 2.74. The average Bonchev–Trinajstić information content (AvgIpc) is 2.91. The van der Waals surface area contributed by atoms with Crippen LogP contribution in [0.25, 0.3) is 0 Å². The van der Waals surface area contributed by atoms with E-state index in [4.69, 9.17) is 4.74 Å². The van der Waals surface area contributed by atoms with Crippen molar-refractivity contribution in [3.8, 4) is 5.75 Å². The summed E-state index contributed by atoms with van der Waals surface area (Å²) in [4.78, 5) is 38.0. The van der Waals surface area contributed by atoms with Crippen LogP contribution in [0, 0.1) is 5.92 Å². The molecule has 5 rings (SSSR count). The fourth-order valence-corrected chi connectivity index (χ4v) is 5.85. The summed E-state index contributed by atoms with van der Waals surface area (Å²) in [5.41, 5.74) is 6.51. The van der Waals surface area contributed by atoms with E-state index in [1.807, 2.05) is 29.7 Å². The number of aromatic nitrogens is 1. The Morgan fingerprint density at radius 2 is 1.97 bits per heavy atom. The minimum Gasteiger partial charge on any atom is -0.493 e. The van der Waals surface area contributed by atoms with Crippen molar-refractivity contribution in [3.63, 3.8) is 0 Å². The fraction of sp³-hybridized carbons (Fsp3) is 0.333. The summed E-state index contributed by atoms with van der Waals surface area (Å²) in [7, 11) is 0. The topological polar surface area (TPSA) is 106 Å². The smallest absolute Gasteiger partial charge is 0.273 e. The van der Waals surface area contributed by atoms with Gasteiger partial charge < -0.3 is 19.5 Å². The molecule has 2 aliphatic heterocycles. The first-order chi connectivity index (χ1) is 18.9. The van der Waals surface area contributed by atoms with Crippen molar-refractivity contribution in [3.05, 3.63) is 93.4 Å². The molecule has 0 radical (unpaired) electrons. The number of hydrazone groups is 1. The molecular weight excluding hydrogens is 494 g/mol. The van der Waals surface area contributed by atoms with Crippen LogP contribution < -0.4 is 25.9 Å². The molecule has 39 heavy (non-hydrogen) atoms. The maximum Gasteiger partial charge on any atom is 0.273 e. The van der Waals surface area contributed by atoms with Crippen LogP contribution in [-0.4, -0.2) is 42.3 Å². The Balaban J connectivity index is 1.29. The maximum absolute atomic E-state index is 12.7. The zero-order chi connectivity index (χ0) is 27.4. The lowest BCUT2D eigenvalue weighted by molar-refractivity contribution is -0.924. The third kappa shape index (κ3) is 6.09. The van der Waals surface area contributed by atoms with Crippen LogP contribution in [0.1, 0.15) is 53.4 Å². The number of amides is 2. The van der Waals surface area contributed by atoms with E-state index in [-0.39, 0.29) is 11.5 Å². The Hall–Kier alpha value is -4.24. The van der Waals surface area contributed by atoms with Gasteiger partial charge in [0.25, 0.3) is 11.5 Å². The lowest BCUT2D eigenvalue weighted by Crippen LogP contribution is -3.13. The maximum atomic E-state index is 12.7. The molecule has 3 atom stereocenters. The summed E-state index contributed by atoms with van der Waals surface area (Å²) in [5, 5.41) is 6.83. The molecule has 0 aliphatic carbocycles. The number of anilines is 1. The number of nitrogens with one attached hydrogen (secondary N) is 3. The predicted octanol–water partition coefficient (Wildman–Crippen LogP) is 2.17. The van der Waals surface area contributed by atoms with Crippen LogP contribution in [-0.2, 0) is 17.9 Å². The third-order valence-corrected chi connectivity index (χ3v) is 7.36. The van der Waals surface area contributed by atoms with Crippen LogP contribution in [0.3, 0.4) is 0 Å². The second-order valence-electron chi connectivity index (χ2n) is 10.3. The number of hydrogen-bond donors (Lipinski definition) is 3. The van der Waals surface area contributed by atoms with Gasteiger partial charge in [0.1, 0.15) is 12.3 Å². The first-order valence-electron chi connectivity index (χ1n) is 13.4. The first-order valence-corrected chi connectivity index (χ1v) is 13.4. The molecule has 1 aromatic heterocycles. The summed E-state index contributed by atoms with van der Waals surface area (Å²) in [6.45, 7) is 7.50. The Labute approximate surface area is 227 Å². The molecule has 1 saturated heterocycles. The molecule has 3 unspecified atom stereocenters. The zero-order valence-corrected chi connectivity index (χ0v) is 22.3. The average molecular weight is 529 g/mol. The lowest BCUT2D eigenvalue weighted by atomic mass is 9.83. The number of para-hydroxylation sites is 1. The third-order valence-electron chi connectivity index (χ3n) is 7.36. The van der Waals surface area contributed by atoms with Gasteiger partial charge in [0, 0.05) is 42.6 Å². The van der Waals surface area contributed by atoms with Crippen LogP contribution in [0.5, 0.6) is 5.75 Å². The number of nitrogens with zero attached hydrogens (tertiary/aromatic N) is 2. The molecule has 2 bridgehead atoms. The molecule has 3 N–H and O–H groups in total. The number of carbonyl (C=O) groups excluding carboxylic acids is 2. The summed E-state index contributed by atoms with van der Waals surface area (Å²) in [5.74, 6) is 1.03. The molecule has 9 nitrogen and oxygen atoms in total. The van der Waals surface area contributed by atoms with E-state index in [1.54, 1.807) is 36.5 Å². The molecule has 3 aromatic rings. The highest BCUT2D eigenvalue weighted by atomic mass is 16.5. The highest BCUT2D eigenvalue weighted by Crippen LogP contribution is 2.30. The van der Waals surface area contributed by atoms with Crippen molar-refractivity contribution in [1.82, 2.24) is 9.99 Å². The normalized spacial score (nSPS) is 19.8. The molecule has 0 spiro atoms. The number of piperidine rings is 1. The second kappa shape index (κ2) is 11.7. The SMILES string of the molecule is CCOc1ccc(C=NNC(=O)c2ccccc2NC(C)=O)cc1C[NH+]1CC2CC(C1)c1cccc(=O)n1C2. The van der Waals surface area contributed by atoms with Gasteiger partial charge in [0.15, 0.2) is 0 Å². The van der Waals surface area contributed by atoms with E-state index in [2.05, 4.69) is 28.0 Å². The van der Waals surface area contributed by atoms with E-state index in [1.165, 1.54) is 11.8 Å². The number of quaternary nitrogens is 1. The molecular formula is C30H34N5O4+. The molecule has 2 amide bonds. The number of ether oxygens (including phenoxy) is 1. The number of pyridine rings is 1. The number of rotatable bonds is 8. The highest BCUT2D eigenvalue weighted by molar-refractivity contribution is 6.03. The van der Waals surface area contributed by atoms with Crippen LogP contribution in [0.2, 0.25) is 0 Å². The van der Waals surface area contributed by atoms with Gasteiger partial charge in [-0.1, -0.05) is 18.2 Å². The molecule has 1 fully saturated rings. The van der Waals surface area contributed by atoms with Gasteiger partial charge >= 0.3 is 0 Å². The molecule has 3 heterocycles. The Morgan fingerprint density at radius 3 is 2.79 bits per heavy atom. The highest BCUT2D eigenvalue weighted by Gasteiger charge is 2.37. The molecule has 0 saturated carbocycles. The van der Waals surface area contributed by atoms with Gasteiger partial charge in [-0.25, -0.2) is 5.43 Å². The first kappa shape index (κ1) is 26.4. The van der Waals surface area contributed by atoms with E-state index in [0.29, 0.717) is 29.7 Å². The van der Waals surface area contributed by atoms with E-state index in [9.17, 15) is 14.4 Å². The minimum atomic E-state index is -0.412. The van der Waals surface area contributed by atoms with Crippen molar-refractivity contribution in [2.45, 2.75) is 39.3 Å². The molecule has 2 aliphatic rings. The number of hydrogen-bond acceptors (Lipinski definition) is 5. The molecule has 9 heteroatoms. The van der Waals surface area contributed by atoms with Gasteiger partial charge in [0.05, 0.1) is 37.2 Å². The zero-order valence-electron chi connectivity index (χ0n) is 22.3. The summed E-state index contributed by atoms with van der Waals surface area (Å²) < 4.78 is 7.90. The van der Waals surface area contributed by atoms with Crippen molar-refractivity contribution in [1.29, 1.82) is 0 Å². The van der Waals surface area contributed by atoms with E-state index >= 15 is 0 Å². The Bertz CT molecular complexity index is 1460. The lowest BCUT2D eigenvalue weighted by Gasteiger charge is -2.40. The van der Waals surface area contributed by atoms with Gasteiger partial charge in [-0.3, -0.25) is 14.4 Å². The van der Waals surface area contributed by atoms with Crippen molar-refractivity contribution < 1.29 is 19.2 Å². The number of benzene rings is 2. The quantitative estimate of drug-likeness (QED) is 0.308. The predicted molar refractivity (Wildman–Crippen MR) is 149 cm³/mol. The molecule has 202 valence electrons. The van der Waals surface area contributed by atoms with E-state index in [0.717, 1.165) is 55.2 Å². The Kier molecular flexibility index (Phi) is 7.88. The number of fused-ring (bicyclic) bond motifs is 4. The van der Waals surface area contributed by atoms with E-state index < -0.39 is 5.91 Å². The van der Waals surface area contributed by atoms with Crippen LogP contribution >= 0.6 is 0 Å². The largest absolute Gasteiger partial charge is 0.493 e. The van der Waals surface area contributed by atoms with Gasteiger partial charge in [-0.05, 0) is 55.3 Å². The van der Waals surface area contributed by atoms with Crippen molar-refractivity contribution in [2.24, 2.45) is 11.0 Å². The van der Waals surface area contributed by atoms with Crippen molar-refractivity contribution >= 4 is 23.7 Å². The van der Waals surface area contributed by atoms with Gasteiger partial charge in [0.2, 0.25) is 5.91 Å². The van der Waals surface area contributed by atoms with Crippen molar-refractivity contribution in [2.75, 3.05) is 25.0 Å². The fourth-order valence-electron chi connectivity index (χ4n) is 5.85. The summed E-state index contributed by atoms with van der Waals surface area (Å²) in [6, 6.07) is 18.3. The standard InChI is InChI=1S/C30H33N5O4/c1-3-39-28-12-11-21(15-31-33-30(38)25-7-4-5-8-26(25)32-20(2)36)13-24(28)19-34-16-22-14-23(18-34)27-9-6-10-29(37)35(27)17-22/h4-13,15,22-23H,3,14,16-19H2,1-2H3,(H,32,36)(H,33,38)/p+1. The van der Waals surface area contributed by atoms with Gasteiger partial charge in [-0.15, -0.1) is 0 Å². The number of carbonyl (C=O) groups is 2. The second-order valence-corrected chi connectivity index (χ2v) is 10.3. The Morgan fingerprint density at radius 1 is 1.13 bits per heavy atom. The number of likely N-dealkylation sites (tertiary alicyclic amines) is 1. The minimum absolute atomic E-state index is 0.0990. The van der Waals surface area contributed by atoms with Crippen LogP contribution in [0.4, 0.5) is 5.69 Å².